The fourth-order valence-electron chi connectivity index (χ4n) is 3.05. The van der Waals surface area contributed by atoms with Crippen LogP contribution < -0.4 is 0 Å². The van der Waals surface area contributed by atoms with Gasteiger partial charge in [-0.05, 0) is 62.2 Å². The molecule has 0 bridgehead atoms. The van der Waals surface area contributed by atoms with Crippen molar-refractivity contribution in [2.45, 2.75) is 43.3 Å². The van der Waals surface area contributed by atoms with Crippen molar-refractivity contribution in [2.75, 3.05) is 0 Å². The van der Waals surface area contributed by atoms with Gasteiger partial charge in [0.25, 0.3) is 0 Å². The SMILES string of the molecule is CCc1cc(C#Cc2ccc3c(c2)C(=O)CC(C)(C)S3)ccc1C(=O)O. The highest BCUT2D eigenvalue weighted by Crippen LogP contribution is 2.42. The molecule has 0 saturated carbocycles. The third kappa shape index (κ3) is 3.84. The number of thioether (sulfide) groups is 1. The number of hydrogen-bond acceptors (Lipinski definition) is 3. The number of ketones is 1. The number of aromatic carboxylic acids is 1. The number of carbonyl (C=O) groups is 2. The number of fused-ring (bicyclic) bond motifs is 1. The summed E-state index contributed by atoms with van der Waals surface area (Å²) in [4.78, 5) is 24.6. The van der Waals surface area contributed by atoms with Crippen LogP contribution >= 0.6 is 11.8 Å². The van der Waals surface area contributed by atoms with Gasteiger partial charge in [-0.25, -0.2) is 4.79 Å². The Balaban J connectivity index is 1.91. The second-order valence-corrected chi connectivity index (χ2v) is 8.70. The molecule has 0 aliphatic carbocycles. The molecular formula is C22H20O3S. The molecule has 0 radical (unpaired) electrons. The third-order valence-corrected chi connectivity index (χ3v) is 5.59. The standard InChI is InChI=1S/C22H20O3S/c1-4-16-11-14(7-9-17(16)21(24)25)5-6-15-8-10-20-18(12-15)19(23)13-22(2,3)26-20/h7-12H,4,13H2,1-3H3,(H,24,25). The zero-order chi connectivity index (χ0) is 18.9. The van der Waals surface area contributed by atoms with E-state index in [0.29, 0.717) is 18.4 Å². The summed E-state index contributed by atoms with van der Waals surface area (Å²) in [6.07, 6.45) is 1.16. The smallest absolute Gasteiger partial charge is 0.335 e. The van der Waals surface area contributed by atoms with E-state index in [4.69, 9.17) is 0 Å². The molecule has 1 aliphatic rings. The van der Waals surface area contributed by atoms with Crippen LogP contribution in [-0.2, 0) is 6.42 Å². The van der Waals surface area contributed by atoms with Crippen LogP contribution in [0.3, 0.4) is 0 Å². The quantitative estimate of drug-likeness (QED) is 0.778. The lowest BCUT2D eigenvalue weighted by molar-refractivity contribution is 0.0695. The van der Waals surface area contributed by atoms with E-state index in [1.54, 1.807) is 23.9 Å². The number of carbonyl (C=O) groups excluding carboxylic acids is 1. The molecule has 2 aromatic carbocycles. The Bertz CT molecular complexity index is 961. The molecule has 132 valence electrons. The minimum absolute atomic E-state index is 0.0697. The molecule has 0 aromatic heterocycles. The van der Waals surface area contributed by atoms with E-state index in [2.05, 4.69) is 25.7 Å². The first-order valence-corrected chi connectivity index (χ1v) is 9.35. The van der Waals surface area contributed by atoms with Crippen LogP contribution in [0.2, 0.25) is 0 Å². The van der Waals surface area contributed by atoms with E-state index >= 15 is 0 Å². The first kappa shape index (κ1) is 18.3. The fraction of sp³-hybridized carbons (Fsp3) is 0.273. The topological polar surface area (TPSA) is 54.4 Å². The number of carboxylic acid groups (broad SMARTS) is 1. The molecule has 3 rings (SSSR count). The van der Waals surface area contributed by atoms with E-state index in [0.717, 1.165) is 27.1 Å². The summed E-state index contributed by atoms with van der Waals surface area (Å²) in [5, 5.41) is 9.20. The van der Waals surface area contributed by atoms with Crippen molar-refractivity contribution < 1.29 is 14.7 Å². The van der Waals surface area contributed by atoms with E-state index in [9.17, 15) is 14.7 Å². The van der Waals surface area contributed by atoms with Crippen LogP contribution in [0.25, 0.3) is 0 Å². The minimum atomic E-state index is -0.921. The predicted octanol–water partition coefficient (Wildman–Crippen LogP) is 4.80. The van der Waals surface area contributed by atoms with Crippen molar-refractivity contribution in [3.05, 3.63) is 64.2 Å². The molecule has 26 heavy (non-hydrogen) atoms. The Kier molecular flexibility index (Phi) is 4.93. The average molecular weight is 364 g/mol. The largest absolute Gasteiger partial charge is 0.478 e. The van der Waals surface area contributed by atoms with Gasteiger partial charge < -0.3 is 5.11 Å². The molecule has 0 atom stereocenters. The molecule has 0 unspecified atom stereocenters. The lowest BCUT2D eigenvalue weighted by Gasteiger charge is -2.29. The number of Topliss-reactive ketones (excluding diaryl/α,β-unsaturated/α-hetero) is 1. The minimum Gasteiger partial charge on any atom is -0.478 e. The molecule has 4 heteroatoms. The molecule has 0 amide bonds. The maximum Gasteiger partial charge on any atom is 0.335 e. The predicted molar refractivity (Wildman–Crippen MR) is 104 cm³/mol. The summed E-state index contributed by atoms with van der Waals surface area (Å²) in [7, 11) is 0. The Hall–Kier alpha value is -2.51. The molecule has 1 aliphatic heterocycles. The highest BCUT2D eigenvalue weighted by molar-refractivity contribution is 8.00. The zero-order valence-corrected chi connectivity index (χ0v) is 15.9. The van der Waals surface area contributed by atoms with Crippen molar-refractivity contribution in [1.29, 1.82) is 0 Å². The van der Waals surface area contributed by atoms with Crippen LogP contribution in [0.15, 0.2) is 41.3 Å². The summed E-state index contributed by atoms with van der Waals surface area (Å²) in [5.74, 6) is 5.41. The monoisotopic (exact) mass is 364 g/mol. The van der Waals surface area contributed by atoms with Gasteiger partial charge in [0, 0.05) is 32.8 Å². The summed E-state index contributed by atoms with van der Waals surface area (Å²) in [6.45, 7) is 6.09. The number of rotatable bonds is 2. The van der Waals surface area contributed by atoms with Crippen molar-refractivity contribution in [2.24, 2.45) is 0 Å². The van der Waals surface area contributed by atoms with Crippen LogP contribution in [-0.4, -0.2) is 21.6 Å². The molecule has 0 spiro atoms. The molecular weight excluding hydrogens is 344 g/mol. The normalized spacial score (nSPS) is 15.0. The summed E-state index contributed by atoms with van der Waals surface area (Å²) in [5.41, 5.74) is 3.39. The number of benzene rings is 2. The number of aryl methyl sites for hydroxylation is 1. The third-order valence-electron chi connectivity index (χ3n) is 4.32. The summed E-state index contributed by atoms with van der Waals surface area (Å²) < 4.78 is -0.0697. The molecule has 0 fully saturated rings. The lowest BCUT2D eigenvalue weighted by Crippen LogP contribution is -2.25. The van der Waals surface area contributed by atoms with Gasteiger partial charge in [0.05, 0.1) is 5.56 Å². The molecule has 2 aromatic rings. The van der Waals surface area contributed by atoms with Crippen LogP contribution in [0.5, 0.6) is 0 Å². The second kappa shape index (κ2) is 7.01. The molecule has 3 nitrogen and oxygen atoms in total. The summed E-state index contributed by atoms with van der Waals surface area (Å²) in [6, 6.07) is 10.9. The second-order valence-electron chi connectivity index (χ2n) is 6.95. The fourth-order valence-corrected chi connectivity index (χ4v) is 4.26. The lowest BCUT2D eigenvalue weighted by atomic mass is 9.98. The van der Waals surface area contributed by atoms with E-state index in [-0.39, 0.29) is 10.5 Å². The Morgan fingerprint density at radius 2 is 1.81 bits per heavy atom. The van der Waals surface area contributed by atoms with Gasteiger partial charge in [0.1, 0.15) is 0 Å². The number of hydrogen-bond donors (Lipinski definition) is 1. The van der Waals surface area contributed by atoms with Crippen molar-refractivity contribution >= 4 is 23.5 Å². The van der Waals surface area contributed by atoms with Gasteiger partial charge in [0.15, 0.2) is 5.78 Å². The van der Waals surface area contributed by atoms with Crippen LogP contribution in [0.1, 0.15) is 64.6 Å². The number of carboxylic acids is 1. The maximum atomic E-state index is 12.4. The van der Waals surface area contributed by atoms with Crippen LogP contribution in [0, 0.1) is 11.8 Å². The molecule has 0 saturated heterocycles. The van der Waals surface area contributed by atoms with Gasteiger partial charge in [-0.2, -0.15) is 0 Å². The van der Waals surface area contributed by atoms with Gasteiger partial charge in [-0.1, -0.05) is 18.8 Å². The summed E-state index contributed by atoms with van der Waals surface area (Å²) >= 11 is 1.73. The first-order chi connectivity index (χ1) is 12.3. The van der Waals surface area contributed by atoms with Gasteiger partial charge in [-0.15, -0.1) is 11.8 Å². The average Bonchev–Trinajstić information content (AvgIpc) is 2.58. The molecule has 1 heterocycles. The van der Waals surface area contributed by atoms with Gasteiger partial charge in [-0.3, -0.25) is 4.79 Å². The maximum absolute atomic E-state index is 12.4. The Morgan fingerprint density at radius 1 is 1.15 bits per heavy atom. The van der Waals surface area contributed by atoms with Crippen LogP contribution in [0.4, 0.5) is 0 Å². The zero-order valence-electron chi connectivity index (χ0n) is 15.1. The van der Waals surface area contributed by atoms with Gasteiger partial charge >= 0.3 is 5.97 Å². The van der Waals surface area contributed by atoms with E-state index in [1.165, 1.54) is 0 Å². The first-order valence-electron chi connectivity index (χ1n) is 8.53. The Labute approximate surface area is 157 Å². The van der Waals surface area contributed by atoms with Crippen molar-refractivity contribution in [3.8, 4) is 11.8 Å². The molecule has 1 N–H and O–H groups in total. The Morgan fingerprint density at radius 3 is 2.46 bits per heavy atom. The van der Waals surface area contributed by atoms with E-state index in [1.807, 2.05) is 31.2 Å². The highest BCUT2D eigenvalue weighted by Gasteiger charge is 2.31. The van der Waals surface area contributed by atoms with Gasteiger partial charge in [0.2, 0.25) is 0 Å². The highest BCUT2D eigenvalue weighted by atomic mass is 32.2. The van der Waals surface area contributed by atoms with E-state index < -0.39 is 5.97 Å². The van der Waals surface area contributed by atoms with Crippen molar-refractivity contribution in [3.63, 3.8) is 0 Å². The van der Waals surface area contributed by atoms with Crippen molar-refractivity contribution in [1.82, 2.24) is 0 Å².